The number of phenols is 1. The molecular formula is C14H14N4O5S. The predicted molar refractivity (Wildman–Crippen MR) is 83.5 cm³/mol. The number of nitrogens with one attached hydrogen (secondary N) is 1. The second kappa shape index (κ2) is 5.98. The van der Waals surface area contributed by atoms with Crippen LogP contribution in [0, 0.1) is 6.92 Å². The number of phenolic OH excluding ortho intramolecular Hbond substituents is 1. The molecule has 0 aliphatic rings. The molecule has 0 unspecified atom stereocenters. The number of aromatic nitrogens is 2. The van der Waals surface area contributed by atoms with E-state index >= 15 is 0 Å². The van der Waals surface area contributed by atoms with Gasteiger partial charge in [0.15, 0.2) is 5.82 Å². The molecule has 0 aliphatic carbocycles. The van der Waals surface area contributed by atoms with Gasteiger partial charge in [0.05, 0.1) is 24.1 Å². The summed E-state index contributed by atoms with van der Waals surface area (Å²) in [4.78, 5) is 3.65. The van der Waals surface area contributed by atoms with E-state index in [-0.39, 0.29) is 5.89 Å². The van der Waals surface area contributed by atoms with E-state index in [9.17, 15) is 13.5 Å². The Hall–Kier alpha value is -2.85. The lowest BCUT2D eigenvalue weighted by molar-refractivity contribution is 0.425. The van der Waals surface area contributed by atoms with Gasteiger partial charge in [-0.2, -0.15) is 4.98 Å². The van der Waals surface area contributed by atoms with Gasteiger partial charge in [0.1, 0.15) is 16.4 Å². The summed E-state index contributed by atoms with van der Waals surface area (Å²) in [6, 6.07) is 5.92. The molecule has 9 nitrogen and oxygen atoms in total. The fourth-order valence-electron chi connectivity index (χ4n) is 2.12. The second-order valence-electron chi connectivity index (χ2n) is 4.99. The number of furan rings is 1. The van der Waals surface area contributed by atoms with E-state index in [1.807, 2.05) is 0 Å². The monoisotopic (exact) mass is 350 g/mol. The molecule has 0 amide bonds. The molecule has 0 spiro atoms. The number of primary sulfonamides is 1. The van der Waals surface area contributed by atoms with Crippen molar-refractivity contribution in [2.45, 2.75) is 18.4 Å². The smallest absolute Gasteiger partial charge is 0.260 e. The van der Waals surface area contributed by atoms with Crippen LogP contribution in [-0.4, -0.2) is 23.7 Å². The SMILES string of the molecule is Cc1noc(-c2cc(S(N)(=O)=O)c(O)cc2NCc2ccco2)n1. The van der Waals surface area contributed by atoms with Gasteiger partial charge in [0.25, 0.3) is 5.89 Å². The average Bonchev–Trinajstić information content (AvgIpc) is 3.15. The van der Waals surface area contributed by atoms with Gasteiger partial charge in [-0.3, -0.25) is 0 Å². The summed E-state index contributed by atoms with van der Waals surface area (Å²) in [6.07, 6.45) is 1.53. The number of nitrogens with zero attached hydrogens (tertiary/aromatic N) is 2. The summed E-state index contributed by atoms with van der Waals surface area (Å²) >= 11 is 0. The average molecular weight is 350 g/mol. The van der Waals surface area contributed by atoms with Crippen molar-refractivity contribution in [2.75, 3.05) is 5.32 Å². The molecule has 0 saturated carbocycles. The van der Waals surface area contributed by atoms with Gasteiger partial charge in [-0.1, -0.05) is 5.16 Å². The third-order valence-electron chi connectivity index (χ3n) is 3.20. The van der Waals surface area contributed by atoms with Crippen LogP contribution in [0.4, 0.5) is 5.69 Å². The summed E-state index contributed by atoms with van der Waals surface area (Å²) in [6.45, 7) is 1.94. The lowest BCUT2D eigenvalue weighted by Gasteiger charge is -2.12. The molecule has 3 rings (SSSR count). The van der Waals surface area contributed by atoms with Crippen LogP contribution < -0.4 is 10.5 Å². The van der Waals surface area contributed by atoms with Gasteiger partial charge in [-0.25, -0.2) is 13.6 Å². The molecule has 3 aromatic rings. The molecule has 4 N–H and O–H groups in total. The van der Waals surface area contributed by atoms with Crippen molar-refractivity contribution in [1.29, 1.82) is 0 Å². The quantitative estimate of drug-likeness (QED) is 0.629. The van der Waals surface area contributed by atoms with Crippen LogP contribution in [0.3, 0.4) is 0 Å². The number of sulfonamides is 1. The fraction of sp³-hybridized carbons (Fsp3) is 0.143. The van der Waals surface area contributed by atoms with Crippen molar-refractivity contribution in [3.05, 3.63) is 42.1 Å². The van der Waals surface area contributed by atoms with E-state index in [0.717, 1.165) is 0 Å². The predicted octanol–water partition coefficient (Wildman–Crippen LogP) is 1.60. The summed E-state index contributed by atoms with van der Waals surface area (Å²) in [7, 11) is -4.12. The van der Waals surface area contributed by atoms with Crippen molar-refractivity contribution < 1.29 is 22.5 Å². The zero-order valence-electron chi connectivity index (χ0n) is 12.6. The number of aromatic hydroxyl groups is 1. The highest BCUT2D eigenvalue weighted by atomic mass is 32.2. The van der Waals surface area contributed by atoms with Crippen LogP contribution in [-0.2, 0) is 16.6 Å². The molecule has 10 heteroatoms. The van der Waals surface area contributed by atoms with Gasteiger partial charge in [-0.05, 0) is 25.1 Å². The van der Waals surface area contributed by atoms with Gasteiger partial charge >= 0.3 is 0 Å². The maximum Gasteiger partial charge on any atom is 0.260 e. The molecule has 1 aromatic carbocycles. The van der Waals surface area contributed by atoms with Crippen LogP contribution >= 0.6 is 0 Å². The van der Waals surface area contributed by atoms with Crippen LogP contribution in [0.15, 0.2) is 44.4 Å². The van der Waals surface area contributed by atoms with Crippen LogP contribution in [0.25, 0.3) is 11.5 Å². The van der Waals surface area contributed by atoms with Crippen LogP contribution in [0.2, 0.25) is 0 Å². The second-order valence-corrected chi connectivity index (χ2v) is 6.52. The zero-order valence-corrected chi connectivity index (χ0v) is 13.4. The van der Waals surface area contributed by atoms with Crippen LogP contribution in [0.1, 0.15) is 11.6 Å². The number of hydrogen-bond acceptors (Lipinski definition) is 8. The Morgan fingerprint density at radius 3 is 2.75 bits per heavy atom. The Labute approximate surface area is 137 Å². The minimum atomic E-state index is -4.12. The fourth-order valence-corrected chi connectivity index (χ4v) is 2.75. The number of rotatable bonds is 5. The number of nitrogens with two attached hydrogens (primary N) is 1. The van der Waals surface area contributed by atoms with E-state index in [4.69, 9.17) is 14.1 Å². The molecule has 0 atom stereocenters. The number of benzene rings is 1. The maximum absolute atomic E-state index is 11.6. The first-order valence-electron chi connectivity index (χ1n) is 6.81. The number of aryl methyl sites for hydroxylation is 1. The number of anilines is 1. The highest BCUT2D eigenvalue weighted by molar-refractivity contribution is 7.89. The third kappa shape index (κ3) is 3.24. The van der Waals surface area contributed by atoms with E-state index in [2.05, 4.69) is 15.5 Å². The Bertz CT molecular complexity index is 963. The highest BCUT2D eigenvalue weighted by Crippen LogP contribution is 2.35. The molecule has 0 radical (unpaired) electrons. The maximum atomic E-state index is 11.6. The molecule has 0 fully saturated rings. The largest absolute Gasteiger partial charge is 0.506 e. The van der Waals surface area contributed by atoms with E-state index in [0.29, 0.717) is 29.4 Å². The summed E-state index contributed by atoms with van der Waals surface area (Å²) < 4.78 is 33.5. The standard InChI is InChI=1S/C14H14N4O5S/c1-8-17-14(23-18-8)10-5-13(24(15,20)21)12(19)6-11(10)16-7-9-3-2-4-22-9/h2-6,16,19H,7H2,1H3,(H2,15,20,21). The van der Waals surface area contributed by atoms with Gasteiger partial charge in [-0.15, -0.1) is 0 Å². The first-order valence-corrected chi connectivity index (χ1v) is 8.36. The van der Waals surface area contributed by atoms with Gasteiger partial charge < -0.3 is 19.4 Å². The summed E-state index contributed by atoms with van der Waals surface area (Å²) in [5, 5.41) is 21.8. The highest BCUT2D eigenvalue weighted by Gasteiger charge is 2.21. The third-order valence-corrected chi connectivity index (χ3v) is 4.14. The number of hydrogen-bond donors (Lipinski definition) is 3. The Balaban J connectivity index is 2.07. The molecule has 0 aliphatic heterocycles. The van der Waals surface area contributed by atoms with E-state index < -0.39 is 20.7 Å². The van der Waals surface area contributed by atoms with Crippen molar-refractivity contribution in [2.24, 2.45) is 5.14 Å². The normalized spacial score (nSPS) is 11.6. The zero-order chi connectivity index (χ0) is 17.3. The lowest BCUT2D eigenvalue weighted by Crippen LogP contribution is -2.13. The minimum Gasteiger partial charge on any atom is -0.506 e. The molecule has 0 saturated heterocycles. The molecule has 0 bridgehead atoms. The van der Waals surface area contributed by atoms with Crippen molar-refractivity contribution in [1.82, 2.24) is 10.1 Å². The minimum absolute atomic E-state index is 0.0966. The van der Waals surface area contributed by atoms with Crippen molar-refractivity contribution in [3.8, 4) is 17.2 Å². The topological polar surface area (TPSA) is 144 Å². The van der Waals surface area contributed by atoms with Gasteiger partial charge in [0, 0.05) is 6.07 Å². The van der Waals surface area contributed by atoms with Crippen molar-refractivity contribution in [3.63, 3.8) is 0 Å². The van der Waals surface area contributed by atoms with Crippen LogP contribution in [0.5, 0.6) is 5.75 Å². The first-order chi connectivity index (χ1) is 11.3. The van der Waals surface area contributed by atoms with Gasteiger partial charge in [0.2, 0.25) is 10.0 Å². The molecule has 126 valence electrons. The Kier molecular flexibility index (Phi) is 3.99. The molecule has 24 heavy (non-hydrogen) atoms. The summed E-state index contributed by atoms with van der Waals surface area (Å²) in [5.74, 6) is 0.642. The van der Waals surface area contributed by atoms with Crippen molar-refractivity contribution >= 4 is 15.7 Å². The molecular weight excluding hydrogens is 336 g/mol. The summed E-state index contributed by atoms with van der Waals surface area (Å²) in [5.41, 5.74) is 0.684. The van der Waals surface area contributed by atoms with E-state index in [1.54, 1.807) is 19.1 Å². The first kappa shape index (κ1) is 16.0. The van der Waals surface area contributed by atoms with E-state index in [1.165, 1.54) is 18.4 Å². The Morgan fingerprint density at radius 2 is 2.17 bits per heavy atom. The molecule has 2 heterocycles. The molecule has 2 aromatic heterocycles. The lowest BCUT2D eigenvalue weighted by atomic mass is 10.1. The Morgan fingerprint density at radius 1 is 1.38 bits per heavy atom.